The summed E-state index contributed by atoms with van der Waals surface area (Å²) in [5.41, 5.74) is 6.83. The van der Waals surface area contributed by atoms with Crippen molar-refractivity contribution in [2.24, 2.45) is 0 Å². The average Bonchev–Trinajstić information content (AvgIpc) is 2.40. The van der Waals surface area contributed by atoms with Crippen molar-refractivity contribution in [3.63, 3.8) is 0 Å². The largest absolute Gasteiger partial charge is 0.439 e. The topological polar surface area (TPSA) is 70.3 Å². The summed E-state index contributed by atoms with van der Waals surface area (Å²) in [6.45, 7) is 4.82. The molecule has 1 heterocycles. The van der Waals surface area contributed by atoms with Gasteiger partial charge in [0.15, 0.2) is 5.82 Å². The molecule has 0 saturated heterocycles. The third kappa shape index (κ3) is 3.91. The minimum Gasteiger partial charge on any atom is -0.439 e. The van der Waals surface area contributed by atoms with Gasteiger partial charge >= 0.3 is 0 Å². The maximum Gasteiger partial charge on any atom is 0.224 e. The fourth-order valence-electron chi connectivity index (χ4n) is 1.60. The van der Waals surface area contributed by atoms with Gasteiger partial charge in [0.25, 0.3) is 0 Å². The summed E-state index contributed by atoms with van der Waals surface area (Å²) in [6.07, 6.45) is 0. The molecule has 2 rings (SSSR count). The molecule has 0 saturated carbocycles. The molecule has 0 aliphatic heterocycles. The molecule has 5 nitrogen and oxygen atoms in total. The fourth-order valence-corrected chi connectivity index (χ4v) is 1.85. The molecule has 2 N–H and O–H groups in total. The molecule has 0 fully saturated rings. The normalized spacial score (nSPS) is 10.6. The van der Waals surface area contributed by atoms with Crippen LogP contribution in [0.15, 0.2) is 28.7 Å². The molecule has 0 aliphatic carbocycles. The number of aryl methyl sites for hydroxylation is 1. The second-order valence-corrected chi connectivity index (χ2v) is 5.05. The number of aromatic nitrogens is 2. The molecule has 0 unspecified atom stereocenters. The van der Waals surface area contributed by atoms with E-state index < -0.39 is 0 Å². The molecule has 6 heteroatoms. The molecule has 0 spiro atoms. The maximum absolute atomic E-state index is 5.74. The van der Waals surface area contributed by atoms with Gasteiger partial charge in [-0.25, -0.2) is 4.98 Å². The Bertz CT molecular complexity index is 605. The van der Waals surface area contributed by atoms with Crippen LogP contribution in [0, 0.1) is 6.92 Å². The van der Waals surface area contributed by atoms with Crippen molar-refractivity contribution in [1.29, 1.82) is 0 Å². The molecule has 0 bridgehead atoms. The number of nitrogens with zero attached hydrogens (tertiary/aromatic N) is 2. The minimum atomic E-state index is 0.317. The van der Waals surface area contributed by atoms with Crippen LogP contribution in [0.4, 0.5) is 5.82 Å². The van der Waals surface area contributed by atoms with Crippen molar-refractivity contribution in [2.75, 3.05) is 12.3 Å². The van der Waals surface area contributed by atoms with E-state index in [0.717, 1.165) is 10.0 Å². The molecule has 106 valence electrons. The van der Waals surface area contributed by atoms with Gasteiger partial charge in [-0.2, -0.15) is 4.98 Å². The van der Waals surface area contributed by atoms with Crippen molar-refractivity contribution >= 4 is 21.7 Å². The van der Waals surface area contributed by atoms with Gasteiger partial charge in [0.05, 0.1) is 0 Å². The van der Waals surface area contributed by atoms with E-state index in [-0.39, 0.29) is 0 Å². The second-order valence-electron chi connectivity index (χ2n) is 4.20. The summed E-state index contributed by atoms with van der Waals surface area (Å²) in [5, 5.41) is 0. The predicted molar refractivity (Wildman–Crippen MR) is 80.7 cm³/mol. The zero-order valence-electron chi connectivity index (χ0n) is 11.4. The van der Waals surface area contributed by atoms with Gasteiger partial charge in [-0.05, 0) is 37.6 Å². The van der Waals surface area contributed by atoms with Crippen LogP contribution in [0.5, 0.6) is 11.6 Å². The highest BCUT2D eigenvalue weighted by Gasteiger charge is 2.06. The zero-order chi connectivity index (χ0) is 14.5. The number of benzene rings is 1. The lowest BCUT2D eigenvalue weighted by Gasteiger charge is -2.08. The lowest BCUT2D eigenvalue weighted by Crippen LogP contribution is -2.03. The van der Waals surface area contributed by atoms with Gasteiger partial charge in [-0.1, -0.05) is 15.9 Å². The second kappa shape index (κ2) is 6.67. The van der Waals surface area contributed by atoms with E-state index in [1.807, 2.05) is 32.0 Å². The van der Waals surface area contributed by atoms with Crippen LogP contribution in [0.2, 0.25) is 0 Å². The van der Waals surface area contributed by atoms with E-state index in [0.29, 0.717) is 36.5 Å². The molecule has 0 radical (unpaired) electrons. The summed E-state index contributed by atoms with van der Waals surface area (Å²) in [6, 6.07) is 7.30. The van der Waals surface area contributed by atoms with E-state index in [2.05, 4.69) is 25.9 Å². The van der Waals surface area contributed by atoms with Crippen LogP contribution in [0.25, 0.3) is 0 Å². The van der Waals surface area contributed by atoms with Crippen LogP contribution in [-0.2, 0) is 11.3 Å². The third-order valence-corrected chi connectivity index (χ3v) is 3.45. The highest BCUT2D eigenvalue weighted by Crippen LogP contribution is 2.25. The molecule has 20 heavy (non-hydrogen) atoms. The number of halogens is 1. The molecular formula is C14H16BrN3O2. The number of anilines is 1. The van der Waals surface area contributed by atoms with Gasteiger partial charge in [0, 0.05) is 17.1 Å². The Morgan fingerprint density at radius 1 is 1.25 bits per heavy atom. The molecule has 0 amide bonds. The minimum absolute atomic E-state index is 0.317. The Morgan fingerprint density at radius 3 is 2.75 bits per heavy atom. The quantitative estimate of drug-likeness (QED) is 0.904. The first kappa shape index (κ1) is 14.7. The lowest BCUT2D eigenvalue weighted by molar-refractivity contribution is 0.128. The SMILES string of the molecule is CCOCc1nc(N)cc(Oc2ccc(Br)c(C)c2)n1. The Hall–Kier alpha value is -1.66. The van der Waals surface area contributed by atoms with E-state index in [1.54, 1.807) is 6.07 Å². The van der Waals surface area contributed by atoms with Gasteiger partial charge in [0.2, 0.25) is 5.88 Å². The molecule has 0 atom stereocenters. The van der Waals surface area contributed by atoms with E-state index >= 15 is 0 Å². The molecule has 0 aliphatic rings. The summed E-state index contributed by atoms with van der Waals surface area (Å²) >= 11 is 3.45. The molecule has 1 aromatic heterocycles. The van der Waals surface area contributed by atoms with Crippen molar-refractivity contribution in [3.8, 4) is 11.6 Å². The van der Waals surface area contributed by atoms with E-state index in [9.17, 15) is 0 Å². The van der Waals surface area contributed by atoms with Crippen molar-refractivity contribution in [3.05, 3.63) is 40.1 Å². The molecule has 1 aromatic carbocycles. The monoisotopic (exact) mass is 337 g/mol. The predicted octanol–water partition coefficient (Wildman–Crippen LogP) is 3.46. The van der Waals surface area contributed by atoms with E-state index in [1.165, 1.54) is 0 Å². The highest BCUT2D eigenvalue weighted by atomic mass is 79.9. The van der Waals surface area contributed by atoms with Crippen LogP contribution in [0.1, 0.15) is 18.3 Å². The Balaban J connectivity index is 2.19. The summed E-state index contributed by atoms with van der Waals surface area (Å²) in [4.78, 5) is 8.37. The van der Waals surface area contributed by atoms with Crippen molar-refractivity contribution in [2.45, 2.75) is 20.5 Å². The van der Waals surface area contributed by atoms with Crippen LogP contribution < -0.4 is 10.5 Å². The number of hydrogen-bond donors (Lipinski definition) is 1. The summed E-state index contributed by atoms with van der Waals surface area (Å²) in [7, 11) is 0. The van der Waals surface area contributed by atoms with Crippen molar-refractivity contribution < 1.29 is 9.47 Å². The fraction of sp³-hybridized carbons (Fsp3) is 0.286. The number of nitrogen functional groups attached to an aromatic ring is 1. The number of hydrogen-bond acceptors (Lipinski definition) is 5. The van der Waals surface area contributed by atoms with Gasteiger partial charge in [-0.3, -0.25) is 0 Å². The summed E-state index contributed by atoms with van der Waals surface area (Å²) in [5.74, 6) is 1.98. The smallest absolute Gasteiger partial charge is 0.224 e. The first-order valence-electron chi connectivity index (χ1n) is 6.23. The van der Waals surface area contributed by atoms with Gasteiger partial charge in [-0.15, -0.1) is 0 Å². The molecule has 2 aromatic rings. The standard InChI is InChI=1S/C14H16BrN3O2/c1-3-19-8-13-17-12(16)7-14(18-13)20-10-4-5-11(15)9(2)6-10/h4-7H,3,8H2,1-2H3,(H2,16,17,18). The Labute approximate surface area is 126 Å². The molecular weight excluding hydrogens is 322 g/mol. The van der Waals surface area contributed by atoms with Crippen LogP contribution in [0.3, 0.4) is 0 Å². The first-order chi connectivity index (χ1) is 9.58. The lowest BCUT2D eigenvalue weighted by atomic mass is 10.2. The van der Waals surface area contributed by atoms with E-state index in [4.69, 9.17) is 15.2 Å². The summed E-state index contributed by atoms with van der Waals surface area (Å²) < 4.78 is 12.0. The van der Waals surface area contributed by atoms with Gasteiger partial charge in [0.1, 0.15) is 18.2 Å². The van der Waals surface area contributed by atoms with Gasteiger partial charge < -0.3 is 15.2 Å². The number of rotatable bonds is 5. The third-order valence-electron chi connectivity index (χ3n) is 2.56. The Kier molecular flexibility index (Phi) is 4.92. The number of nitrogens with two attached hydrogens (primary N) is 1. The van der Waals surface area contributed by atoms with Crippen LogP contribution in [-0.4, -0.2) is 16.6 Å². The van der Waals surface area contributed by atoms with Crippen LogP contribution >= 0.6 is 15.9 Å². The van der Waals surface area contributed by atoms with Crippen molar-refractivity contribution in [1.82, 2.24) is 9.97 Å². The average molecular weight is 338 g/mol. The Morgan fingerprint density at radius 2 is 2.05 bits per heavy atom. The number of ether oxygens (including phenoxy) is 2. The highest BCUT2D eigenvalue weighted by molar-refractivity contribution is 9.10. The first-order valence-corrected chi connectivity index (χ1v) is 7.03. The zero-order valence-corrected chi connectivity index (χ0v) is 13.0. The maximum atomic E-state index is 5.74.